The van der Waals surface area contributed by atoms with Crippen molar-refractivity contribution in [2.45, 2.75) is 26.2 Å². The first-order valence-electron chi connectivity index (χ1n) is 9.66. The van der Waals surface area contributed by atoms with E-state index in [9.17, 15) is 0 Å². The third-order valence-electron chi connectivity index (χ3n) is 5.02. The average molecular weight is 358 g/mol. The molecule has 0 unspecified atom stereocenters. The van der Waals surface area contributed by atoms with Gasteiger partial charge in [-0.2, -0.15) is 0 Å². The van der Waals surface area contributed by atoms with Gasteiger partial charge in [-0.15, -0.1) is 0 Å². The number of hydrogen-bond donors (Lipinski definition) is 2. The van der Waals surface area contributed by atoms with Crippen molar-refractivity contribution in [3.8, 4) is 11.1 Å². The number of aryl methyl sites for hydroxylation is 1. The van der Waals surface area contributed by atoms with Gasteiger partial charge < -0.3 is 10.6 Å². The summed E-state index contributed by atoms with van der Waals surface area (Å²) in [6.45, 7) is 4.04. The number of benzene rings is 2. The molecule has 0 spiro atoms. The summed E-state index contributed by atoms with van der Waals surface area (Å²) in [6.07, 6.45) is 2.71. The summed E-state index contributed by atoms with van der Waals surface area (Å²) >= 11 is 0. The highest BCUT2D eigenvalue weighted by Gasteiger charge is 2.25. The molecular formula is C23H26N4. The van der Waals surface area contributed by atoms with Gasteiger partial charge >= 0.3 is 0 Å². The van der Waals surface area contributed by atoms with Crippen LogP contribution in [0.4, 0.5) is 5.82 Å². The van der Waals surface area contributed by atoms with Crippen molar-refractivity contribution in [2.75, 3.05) is 25.5 Å². The van der Waals surface area contributed by atoms with E-state index in [1.54, 1.807) is 0 Å². The van der Waals surface area contributed by atoms with Gasteiger partial charge in [-0.05, 0) is 43.6 Å². The van der Waals surface area contributed by atoms with Crippen LogP contribution in [0.25, 0.3) is 11.1 Å². The number of hydrogen-bond acceptors (Lipinski definition) is 4. The second kappa shape index (κ2) is 7.89. The van der Waals surface area contributed by atoms with Crippen LogP contribution in [-0.4, -0.2) is 30.1 Å². The van der Waals surface area contributed by atoms with Crippen LogP contribution >= 0.6 is 0 Å². The van der Waals surface area contributed by atoms with Crippen LogP contribution in [0, 0.1) is 6.92 Å². The first-order valence-corrected chi connectivity index (χ1v) is 9.66. The Morgan fingerprint density at radius 3 is 2.67 bits per heavy atom. The molecule has 138 valence electrons. The molecule has 0 bridgehead atoms. The highest BCUT2D eigenvalue weighted by molar-refractivity contribution is 5.84. The van der Waals surface area contributed by atoms with E-state index >= 15 is 0 Å². The lowest BCUT2D eigenvalue weighted by Crippen LogP contribution is -2.14. The van der Waals surface area contributed by atoms with Gasteiger partial charge in [-0.3, -0.25) is 0 Å². The van der Waals surface area contributed by atoms with Crippen LogP contribution in [0.2, 0.25) is 0 Å². The fourth-order valence-corrected chi connectivity index (χ4v) is 3.72. The second-order valence-corrected chi connectivity index (χ2v) is 7.19. The van der Waals surface area contributed by atoms with Crippen LogP contribution in [0.1, 0.15) is 34.6 Å². The molecule has 1 aromatic heterocycles. The first-order chi connectivity index (χ1) is 13.2. The molecule has 0 atom stereocenters. The minimum absolute atomic E-state index is 0.759. The van der Waals surface area contributed by atoms with Crippen LogP contribution in [-0.2, 0) is 12.8 Å². The van der Waals surface area contributed by atoms with Crippen molar-refractivity contribution in [1.82, 2.24) is 15.3 Å². The Morgan fingerprint density at radius 1 is 1.00 bits per heavy atom. The van der Waals surface area contributed by atoms with Crippen LogP contribution in [0.5, 0.6) is 0 Å². The zero-order chi connectivity index (χ0) is 18.6. The quantitative estimate of drug-likeness (QED) is 0.491. The van der Waals surface area contributed by atoms with Crippen LogP contribution in [0.15, 0.2) is 48.5 Å². The number of fused-ring (bicyclic) bond motifs is 3. The van der Waals surface area contributed by atoms with Crippen molar-refractivity contribution in [3.63, 3.8) is 0 Å². The van der Waals surface area contributed by atoms with Crippen molar-refractivity contribution in [3.05, 3.63) is 76.7 Å². The molecule has 4 rings (SSSR count). The van der Waals surface area contributed by atoms with Crippen LogP contribution < -0.4 is 10.6 Å². The summed E-state index contributed by atoms with van der Waals surface area (Å²) in [7, 11) is 1.99. The van der Waals surface area contributed by atoms with Gasteiger partial charge in [-0.1, -0.05) is 54.1 Å². The SMILES string of the molecule is CNCCCNc1nc(Cc2ccccc2)nc2c1-c1ccc(C)cc1C2. The van der Waals surface area contributed by atoms with Gasteiger partial charge in [0, 0.05) is 24.9 Å². The largest absolute Gasteiger partial charge is 0.369 e. The topological polar surface area (TPSA) is 49.8 Å². The summed E-state index contributed by atoms with van der Waals surface area (Å²) < 4.78 is 0. The molecule has 4 heteroatoms. The molecular weight excluding hydrogens is 332 g/mol. The smallest absolute Gasteiger partial charge is 0.137 e. The molecule has 27 heavy (non-hydrogen) atoms. The maximum Gasteiger partial charge on any atom is 0.137 e. The third kappa shape index (κ3) is 3.86. The van der Waals surface area contributed by atoms with Gasteiger partial charge in [0.05, 0.1) is 5.69 Å². The zero-order valence-corrected chi connectivity index (χ0v) is 16.0. The summed E-state index contributed by atoms with van der Waals surface area (Å²) in [5.74, 6) is 1.87. The third-order valence-corrected chi connectivity index (χ3v) is 5.02. The molecule has 0 aliphatic heterocycles. The van der Waals surface area contributed by atoms with E-state index < -0.39 is 0 Å². The Labute approximate surface area is 161 Å². The van der Waals surface area contributed by atoms with E-state index in [1.165, 1.54) is 27.8 Å². The molecule has 4 nitrogen and oxygen atoms in total. The van der Waals surface area contributed by atoms with Crippen molar-refractivity contribution in [1.29, 1.82) is 0 Å². The molecule has 1 aliphatic rings. The van der Waals surface area contributed by atoms with Gasteiger partial charge in [0.2, 0.25) is 0 Å². The lowest BCUT2D eigenvalue weighted by Gasteiger charge is -2.13. The standard InChI is InChI=1S/C23H26N4/c1-16-9-10-19-18(13-16)15-20-22(19)23(25-12-6-11-24-2)27-21(26-20)14-17-7-4-3-5-8-17/h3-5,7-10,13,24H,6,11-12,14-15H2,1-2H3,(H,25,26,27). The maximum absolute atomic E-state index is 4.93. The van der Waals surface area contributed by atoms with Gasteiger partial charge in [-0.25, -0.2) is 9.97 Å². The molecule has 0 saturated heterocycles. The summed E-state index contributed by atoms with van der Waals surface area (Å²) in [4.78, 5) is 9.85. The number of anilines is 1. The van der Waals surface area contributed by atoms with E-state index in [1.807, 2.05) is 13.1 Å². The Morgan fingerprint density at radius 2 is 1.85 bits per heavy atom. The monoisotopic (exact) mass is 358 g/mol. The predicted octanol–water partition coefficient (Wildman–Crippen LogP) is 3.97. The minimum atomic E-state index is 0.759. The number of aromatic nitrogens is 2. The van der Waals surface area contributed by atoms with Crippen molar-refractivity contribution in [2.24, 2.45) is 0 Å². The average Bonchev–Trinajstić information content (AvgIpc) is 3.03. The molecule has 0 saturated carbocycles. The lowest BCUT2D eigenvalue weighted by atomic mass is 10.0. The van der Waals surface area contributed by atoms with Crippen LogP contribution in [0.3, 0.4) is 0 Å². The molecule has 2 aromatic carbocycles. The fraction of sp³-hybridized carbons (Fsp3) is 0.304. The van der Waals surface area contributed by atoms with Crippen molar-refractivity contribution < 1.29 is 0 Å². The predicted molar refractivity (Wildman–Crippen MR) is 111 cm³/mol. The molecule has 1 aliphatic carbocycles. The van der Waals surface area contributed by atoms with E-state index in [0.717, 1.165) is 49.7 Å². The number of rotatable bonds is 7. The van der Waals surface area contributed by atoms with E-state index in [4.69, 9.17) is 9.97 Å². The Bertz CT molecular complexity index is 935. The lowest BCUT2D eigenvalue weighted by molar-refractivity contribution is 0.746. The number of nitrogens with zero attached hydrogens (tertiary/aromatic N) is 2. The Kier molecular flexibility index (Phi) is 5.16. The van der Waals surface area contributed by atoms with Crippen molar-refractivity contribution >= 4 is 5.82 Å². The maximum atomic E-state index is 4.93. The molecule has 0 fully saturated rings. The molecule has 3 aromatic rings. The summed E-state index contributed by atoms with van der Waals surface area (Å²) in [6, 6.07) is 17.1. The highest BCUT2D eigenvalue weighted by Crippen LogP contribution is 2.40. The zero-order valence-electron chi connectivity index (χ0n) is 16.0. The second-order valence-electron chi connectivity index (χ2n) is 7.19. The van der Waals surface area contributed by atoms with E-state index in [0.29, 0.717) is 0 Å². The molecule has 2 N–H and O–H groups in total. The van der Waals surface area contributed by atoms with Gasteiger partial charge in [0.25, 0.3) is 0 Å². The summed E-state index contributed by atoms with van der Waals surface area (Å²) in [5, 5.41) is 6.77. The molecule has 1 heterocycles. The molecule has 0 amide bonds. The highest BCUT2D eigenvalue weighted by atomic mass is 15.0. The van der Waals surface area contributed by atoms with Gasteiger partial charge in [0.15, 0.2) is 0 Å². The normalized spacial score (nSPS) is 11.9. The molecule has 0 radical (unpaired) electrons. The summed E-state index contributed by atoms with van der Waals surface area (Å²) in [5.41, 5.74) is 7.50. The van der Waals surface area contributed by atoms with E-state index in [-0.39, 0.29) is 0 Å². The first kappa shape index (κ1) is 17.7. The minimum Gasteiger partial charge on any atom is -0.369 e. The Balaban J connectivity index is 1.69. The fourth-order valence-electron chi connectivity index (χ4n) is 3.72. The van der Waals surface area contributed by atoms with Gasteiger partial charge in [0.1, 0.15) is 11.6 Å². The number of nitrogens with one attached hydrogen (secondary N) is 2. The van der Waals surface area contributed by atoms with E-state index in [2.05, 4.69) is 60.0 Å². The Hall–Kier alpha value is -2.72.